The minimum atomic E-state index is 0.0335. The highest BCUT2D eigenvalue weighted by atomic mass is 16.2. The Kier molecular flexibility index (Phi) is 4.55. The number of anilines is 1. The van der Waals surface area contributed by atoms with Crippen LogP contribution in [0.3, 0.4) is 0 Å². The minimum absolute atomic E-state index is 0.0335. The van der Waals surface area contributed by atoms with Gasteiger partial charge in [0.15, 0.2) is 0 Å². The second-order valence-corrected chi connectivity index (χ2v) is 4.96. The molecule has 0 aliphatic carbocycles. The van der Waals surface area contributed by atoms with E-state index in [-0.39, 0.29) is 17.9 Å². The first kappa shape index (κ1) is 13.6. The predicted octanol–water partition coefficient (Wildman–Crippen LogP) is 2.66. The first-order valence-electron chi connectivity index (χ1n) is 6.06. The Balaban J connectivity index is 2.80. The number of nitrogens with zero attached hydrogens (tertiary/aromatic N) is 1. The normalized spacial score (nSPS) is 10.9. The van der Waals surface area contributed by atoms with Gasteiger partial charge in [0.1, 0.15) is 0 Å². The second kappa shape index (κ2) is 5.71. The van der Waals surface area contributed by atoms with Crippen LogP contribution in [0.15, 0.2) is 24.3 Å². The molecule has 0 aliphatic heterocycles. The smallest absolute Gasteiger partial charge is 0.225 e. The van der Waals surface area contributed by atoms with Crippen molar-refractivity contribution in [2.45, 2.75) is 40.3 Å². The maximum Gasteiger partial charge on any atom is 0.225 e. The Hall–Kier alpha value is -1.51. The molecule has 0 saturated carbocycles. The molecule has 0 aliphatic rings. The molecule has 94 valence electrons. The van der Waals surface area contributed by atoms with Crippen molar-refractivity contribution in [2.75, 3.05) is 5.73 Å². The number of hydrogen-bond acceptors (Lipinski definition) is 2. The van der Waals surface area contributed by atoms with Gasteiger partial charge >= 0.3 is 0 Å². The third kappa shape index (κ3) is 3.77. The summed E-state index contributed by atoms with van der Waals surface area (Å²) in [5.74, 6) is 0.225. The fraction of sp³-hybridized carbons (Fsp3) is 0.500. The Morgan fingerprint density at radius 2 is 1.71 bits per heavy atom. The van der Waals surface area contributed by atoms with Gasteiger partial charge in [-0.25, -0.2) is 0 Å². The van der Waals surface area contributed by atoms with Crippen LogP contribution in [-0.4, -0.2) is 16.8 Å². The van der Waals surface area contributed by atoms with Crippen LogP contribution >= 0.6 is 0 Å². The van der Waals surface area contributed by atoms with E-state index in [0.717, 1.165) is 11.3 Å². The van der Waals surface area contributed by atoms with Crippen LogP contribution in [0, 0.1) is 5.92 Å². The van der Waals surface area contributed by atoms with Gasteiger partial charge in [0.2, 0.25) is 5.91 Å². The van der Waals surface area contributed by atoms with E-state index in [1.807, 2.05) is 56.9 Å². The summed E-state index contributed by atoms with van der Waals surface area (Å²) in [7, 11) is 0. The zero-order chi connectivity index (χ0) is 13.0. The van der Waals surface area contributed by atoms with Crippen molar-refractivity contribution < 1.29 is 4.79 Å². The number of nitrogen functional groups attached to an aromatic ring is 1. The third-order valence-electron chi connectivity index (χ3n) is 2.73. The summed E-state index contributed by atoms with van der Waals surface area (Å²) in [5, 5.41) is 0. The van der Waals surface area contributed by atoms with E-state index >= 15 is 0 Å². The van der Waals surface area contributed by atoms with E-state index < -0.39 is 0 Å². The molecule has 0 radical (unpaired) electrons. The average molecular weight is 234 g/mol. The maximum absolute atomic E-state index is 12.1. The van der Waals surface area contributed by atoms with Gasteiger partial charge in [0.05, 0.1) is 0 Å². The largest absolute Gasteiger partial charge is 0.399 e. The number of rotatable bonds is 4. The summed E-state index contributed by atoms with van der Waals surface area (Å²) >= 11 is 0. The summed E-state index contributed by atoms with van der Waals surface area (Å²) in [5.41, 5.74) is 7.51. The molecule has 3 nitrogen and oxygen atoms in total. The summed E-state index contributed by atoms with van der Waals surface area (Å²) in [4.78, 5) is 14.0. The Morgan fingerprint density at radius 3 is 2.12 bits per heavy atom. The molecule has 0 bridgehead atoms. The molecule has 0 atom stereocenters. The second-order valence-electron chi connectivity index (χ2n) is 4.96. The van der Waals surface area contributed by atoms with Crippen LogP contribution in [0.5, 0.6) is 0 Å². The van der Waals surface area contributed by atoms with Crippen molar-refractivity contribution in [2.24, 2.45) is 5.92 Å². The maximum atomic E-state index is 12.1. The highest BCUT2D eigenvalue weighted by Gasteiger charge is 2.19. The number of nitrogens with two attached hydrogens (primary N) is 1. The molecule has 0 unspecified atom stereocenters. The standard InChI is InChI=1S/C14H22N2O/c1-10(2)14(17)16(11(3)4)9-12-5-7-13(15)8-6-12/h5-8,10-11H,9,15H2,1-4H3. The molecule has 0 saturated heterocycles. The Morgan fingerprint density at radius 1 is 1.18 bits per heavy atom. The summed E-state index contributed by atoms with van der Waals surface area (Å²) in [6.45, 7) is 8.59. The molecular weight excluding hydrogens is 212 g/mol. The zero-order valence-corrected chi connectivity index (χ0v) is 11.1. The van der Waals surface area contributed by atoms with E-state index in [4.69, 9.17) is 5.73 Å². The number of benzene rings is 1. The fourth-order valence-corrected chi connectivity index (χ4v) is 1.67. The first-order valence-corrected chi connectivity index (χ1v) is 6.06. The molecule has 1 amide bonds. The van der Waals surface area contributed by atoms with Crippen LogP contribution in [0.1, 0.15) is 33.3 Å². The third-order valence-corrected chi connectivity index (χ3v) is 2.73. The van der Waals surface area contributed by atoms with Crippen LogP contribution in [-0.2, 0) is 11.3 Å². The molecule has 2 N–H and O–H groups in total. The highest BCUT2D eigenvalue weighted by Crippen LogP contribution is 2.13. The van der Waals surface area contributed by atoms with E-state index in [1.165, 1.54) is 0 Å². The molecule has 0 heterocycles. The molecule has 0 spiro atoms. The number of hydrogen-bond donors (Lipinski definition) is 1. The van der Waals surface area contributed by atoms with E-state index in [0.29, 0.717) is 6.54 Å². The molecule has 17 heavy (non-hydrogen) atoms. The molecule has 0 aromatic heterocycles. The fourth-order valence-electron chi connectivity index (χ4n) is 1.67. The van der Waals surface area contributed by atoms with Crippen LogP contribution in [0.25, 0.3) is 0 Å². The van der Waals surface area contributed by atoms with Gasteiger partial charge in [0, 0.05) is 24.2 Å². The van der Waals surface area contributed by atoms with Crippen molar-refractivity contribution in [3.8, 4) is 0 Å². The average Bonchev–Trinajstić information content (AvgIpc) is 2.26. The summed E-state index contributed by atoms with van der Waals surface area (Å²) in [6, 6.07) is 7.89. The number of carbonyl (C=O) groups is 1. The van der Waals surface area contributed by atoms with Crippen LogP contribution < -0.4 is 5.73 Å². The Labute approximate surface area is 104 Å². The first-order chi connectivity index (χ1) is 7.91. The predicted molar refractivity (Wildman–Crippen MR) is 71.4 cm³/mol. The van der Waals surface area contributed by atoms with Gasteiger partial charge in [-0.1, -0.05) is 26.0 Å². The SMILES string of the molecule is CC(C)C(=O)N(Cc1ccc(N)cc1)C(C)C. The van der Waals surface area contributed by atoms with Gasteiger partial charge in [-0.3, -0.25) is 4.79 Å². The van der Waals surface area contributed by atoms with Crippen molar-refractivity contribution >= 4 is 11.6 Å². The summed E-state index contributed by atoms with van der Waals surface area (Å²) < 4.78 is 0. The van der Waals surface area contributed by atoms with Crippen LogP contribution in [0.2, 0.25) is 0 Å². The lowest BCUT2D eigenvalue weighted by molar-refractivity contribution is -0.136. The van der Waals surface area contributed by atoms with Gasteiger partial charge in [-0.2, -0.15) is 0 Å². The van der Waals surface area contributed by atoms with Gasteiger partial charge in [0.25, 0.3) is 0 Å². The van der Waals surface area contributed by atoms with Crippen molar-refractivity contribution in [1.82, 2.24) is 4.90 Å². The lowest BCUT2D eigenvalue weighted by Crippen LogP contribution is -2.38. The molecule has 3 heteroatoms. The molecular formula is C14H22N2O. The topological polar surface area (TPSA) is 46.3 Å². The molecule has 1 aromatic rings. The van der Waals surface area contributed by atoms with E-state index in [2.05, 4.69) is 0 Å². The molecule has 1 aromatic carbocycles. The molecule has 0 fully saturated rings. The minimum Gasteiger partial charge on any atom is -0.399 e. The quantitative estimate of drug-likeness (QED) is 0.814. The highest BCUT2D eigenvalue weighted by molar-refractivity contribution is 5.78. The van der Waals surface area contributed by atoms with Gasteiger partial charge in [-0.05, 0) is 31.5 Å². The monoisotopic (exact) mass is 234 g/mol. The van der Waals surface area contributed by atoms with Crippen LogP contribution in [0.4, 0.5) is 5.69 Å². The van der Waals surface area contributed by atoms with Crippen molar-refractivity contribution in [3.05, 3.63) is 29.8 Å². The Bertz CT molecular complexity index is 368. The number of carbonyl (C=O) groups excluding carboxylic acids is 1. The molecule has 1 rings (SSSR count). The summed E-state index contributed by atoms with van der Waals surface area (Å²) in [6.07, 6.45) is 0. The van der Waals surface area contributed by atoms with Gasteiger partial charge in [-0.15, -0.1) is 0 Å². The van der Waals surface area contributed by atoms with Gasteiger partial charge < -0.3 is 10.6 Å². The lowest BCUT2D eigenvalue weighted by atomic mass is 10.1. The van der Waals surface area contributed by atoms with E-state index in [1.54, 1.807) is 0 Å². The van der Waals surface area contributed by atoms with E-state index in [9.17, 15) is 4.79 Å². The van der Waals surface area contributed by atoms with Crippen molar-refractivity contribution in [3.63, 3.8) is 0 Å². The lowest BCUT2D eigenvalue weighted by Gasteiger charge is -2.28. The number of amides is 1. The van der Waals surface area contributed by atoms with Crippen molar-refractivity contribution in [1.29, 1.82) is 0 Å². The zero-order valence-electron chi connectivity index (χ0n) is 11.1.